The summed E-state index contributed by atoms with van der Waals surface area (Å²) in [5, 5.41) is 7.12. The summed E-state index contributed by atoms with van der Waals surface area (Å²) in [6.45, 7) is 5.72. The fourth-order valence-electron chi connectivity index (χ4n) is 4.28. The predicted molar refractivity (Wildman–Crippen MR) is 108 cm³/mol. The van der Waals surface area contributed by atoms with Gasteiger partial charge in [0.15, 0.2) is 0 Å². The molecule has 2 aliphatic heterocycles. The van der Waals surface area contributed by atoms with Crippen molar-refractivity contribution in [3.63, 3.8) is 0 Å². The van der Waals surface area contributed by atoms with Crippen molar-refractivity contribution < 1.29 is 32.7 Å². The fourth-order valence-corrected chi connectivity index (χ4v) is 4.28. The Bertz CT molecular complexity index is 832. The van der Waals surface area contributed by atoms with Crippen molar-refractivity contribution >= 4 is 17.8 Å². The van der Waals surface area contributed by atoms with E-state index in [9.17, 15) is 22.8 Å². The third-order valence-electron chi connectivity index (χ3n) is 5.49. The van der Waals surface area contributed by atoms with Gasteiger partial charge in [0.05, 0.1) is 11.9 Å². The molecule has 2 aliphatic rings. The van der Waals surface area contributed by atoms with E-state index < -0.39 is 12.1 Å². The average molecular weight is 459 g/mol. The highest BCUT2D eigenvalue weighted by Gasteiger charge is 2.46. The Hall–Kier alpha value is -2.76. The fraction of sp³-hybridized carbons (Fsp3) is 0.650. The molecule has 1 aromatic rings. The number of fused-ring (bicyclic) bond motifs is 1. The minimum Gasteiger partial charge on any atom is -0.475 e. The van der Waals surface area contributed by atoms with Crippen LogP contribution < -0.4 is 0 Å². The molecule has 1 N–H and O–H groups in total. The highest BCUT2D eigenvalue weighted by molar-refractivity contribution is 5.92. The maximum atomic E-state index is 12.7. The summed E-state index contributed by atoms with van der Waals surface area (Å²) in [5.41, 5.74) is 1.20. The largest absolute Gasteiger partial charge is 0.490 e. The van der Waals surface area contributed by atoms with Gasteiger partial charge in [-0.3, -0.25) is 14.6 Å². The van der Waals surface area contributed by atoms with Gasteiger partial charge in [-0.25, -0.2) is 9.78 Å². The number of aryl methyl sites for hydroxylation is 1. The smallest absolute Gasteiger partial charge is 0.475 e. The molecule has 178 valence electrons. The Labute approximate surface area is 184 Å². The summed E-state index contributed by atoms with van der Waals surface area (Å²) < 4.78 is 31.7. The Morgan fingerprint density at radius 1 is 1.22 bits per heavy atom. The number of amides is 2. The number of carboxylic acid groups (broad SMARTS) is 1. The molecular weight excluding hydrogens is 431 g/mol. The molecule has 3 atom stereocenters. The second kappa shape index (κ2) is 10.2. The minimum absolute atomic E-state index is 0.0589. The zero-order valence-corrected chi connectivity index (χ0v) is 18.5. The van der Waals surface area contributed by atoms with Crippen LogP contribution in [0.4, 0.5) is 13.2 Å². The number of carbonyl (C=O) groups excluding carboxylic acids is 2. The first-order valence-corrected chi connectivity index (χ1v) is 10.1. The van der Waals surface area contributed by atoms with Crippen LogP contribution >= 0.6 is 0 Å². The van der Waals surface area contributed by atoms with Gasteiger partial charge >= 0.3 is 12.1 Å². The molecule has 0 bridgehead atoms. The van der Waals surface area contributed by atoms with Gasteiger partial charge in [-0.15, -0.1) is 0 Å². The second-order valence-electron chi connectivity index (χ2n) is 8.29. The van der Waals surface area contributed by atoms with Gasteiger partial charge in [0.2, 0.25) is 5.91 Å². The van der Waals surface area contributed by atoms with Gasteiger partial charge in [0.25, 0.3) is 5.91 Å². The molecule has 12 heteroatoms. The highest BCUT2D eigenvalue weighted by atomic mass is 19.4. The number of hydrogen-bond acceptors (Lipinski definition) is 6. The highest BCUT2D eigenvalue weighted by Crippen LogP contribution is 2.36. The first-order valence-electron chi connectivity index (χ1n) is 10.1. The zero-order chi connectivity index (χ0) is 24.2. The molecule has 3 rings (SSSR count). The van der Waals surface area contributed by atoms with E-state index in [1.54, 1.807) is 19.3 Å². The van der Waals surface area contributed by atoms with Crippen molar-refractivity contribution in [3.05, 3.63) is 23.8 Å². The number of likely N-dealkylation sites (tertiary alicyclic amines) is 2. The summed E-state index contributed by atoms with van der Waals surface area (Å²) in [6.07, 6.45) is -0.125. The molecule has 0 unspecified atom stereocenters. The van der Waals surface area contributed by atoms with E-state index in [1.165, 1.54) is 0 Å². The number of alkyl halides is 3. The number of carboxylic acids is 1. The summed E-state index contributed by atoms with van der Waals surface area (Å²) in [7, 11) is 4.07. The number of halogens is 3. The SMILES string of the molecule is CC(=O)N1[C@H](CN(C)C)C[C@@H]2CN(C(=O)c3cnc(C)cn3)CC[C@@H]21.O=C(O)C(F)(F)F. The molecule has 2 amide bonds. The summed E-state index contributed by atoms with van der Waals surface area (Å²) in [5.74, 6) is -2.34. The van der Waals surface area contributed by atoms with Gasteiger partial charge in [-0.2, -0.15) is 13.2 Å². The van der Waals surface area contributed by atoms with Gasteiger partial charge < -0.3 is 19.8 Å². The maximum absolute atomic E-state index is 12.7. The third-order valence-corrected chi connectivity index (χ3v) is 5.49. The van der Waals surface area contributed by atoms with Crippen LogP contribution in [0.25, 0.3) is 0 Å². The standard InChI is InChI=1S/C18H27N5O2.C2HF3O2/c1-12-8-20-16(9-19-12)18(25)22-6-5-17-14(10-22)7-15(11-21(3)4)23(17)13(2)24;3-2(4,5)1(6)7/h8-9,14-15,17H,5-7,10-11H2,1-4H3;(H,6,7)/t14-,15+,17+;/m1./s1. The Morgan fingerprint density at radius 3 is 2.31 bits per heavy atom. The van der Waals surface area contributed by atoms with Gasteiger partial charge in [0, 0.05) is 44.8 Å². The average Bonchev–Trinajstić information content (AvgIpc) is 3.04. The van der Waals surface area contributed by atoms with Gasteiger partial charge in [-0.05, 0) is 39.8 Å². The molecule has 3 heterocycles. The van der Waals surface area contributed by atoms with E-state index in [1.807, 2.05) is 25.9 Å². The topological polar surface area (TPSA) is 107 Å². The van der Waals surface area contributed by atoms with Crippen LogP contribution in [0.1, 0.15) is 35.9 Å². The van der Waals surface area contributed by atoms with Gasteiger partial charge in [0.1, 0.15) is 5.69 Å². The number of aromatic nitrogens is 2. The van der Waals surface area contributed by atoms with Crippen LogP contribution in [0.5, 0.6) is 0 Å². The van der Waals surface area contributed by atoms with E-state index in [-0.39, 0.29) is 23.9 Å². The molecule has 1 aromatic heterocycles. The van der Waals surface area contributed by atoms with Crippen LogP contribution in [0, 0.1) is 12.8 Å². The lowest BCUT2D eigenvalue weighted by Gasteiger charge is -2.38. The molecule has 0 spiro atoms. The number of rotatable bonds is 3. The van der Waals surface area contributed by atoms with Crippen LogP contribution in [0.3, 0.4) is 0 Å². The lowest BCUT2D eigenvalue weighted by molar-refractivity contribution is -0.192. The van der Waals surface area contributed by atoms with E-state index in [0.29, 0.717) is 24.7 Å². The Kier molecular flexibility index (Phi) is 8.16. The van der Waals surface area contributed by atoms with Gasteiger partial charge in [-0.1, -0.05) is 0 Å². The van der Waals surface area contributed by atoms with Crippen LogP contribution in [-0.4, -0.2) is 99.5 Å². The molecule has 0 saturated carbocycles. The lowest BCUT2D eigenvalue weighted by Crippen LogP contribution is -2.50. The lowest BCUT2D eigenvalue weighted by atomic mass is 9.92. The first-order chi connectivity index (χ1) is 14.8. The molecule has 32 heavy (non-hydrogen) atoms. The molecule has 0 aromatic carbocycles. The van der Waals surface area contributed by atoms with Crippen molar-refractivity contribution in [2.45, 2.75) is 44.9 Å². The minimum atomic E-state index is -5.08. The number of nitrogens with zero attached hydrogens (tertiary/aromatic N) is 5. The maximum Gasteiger partial charge on any atom is 0.490 e. The van der Waals surface area contributed by atoms with E-state index in [0.717, 1.165) is 25.1 Å². The van der Waals surface area contributed by atoms with Crippen molar-refractivity contribution in [2.75, 3.05) is 33.7 Å². The van der Waals surface area contributed by atoms with Crippen LogP contribution in [0.2, 0.25) is 0 Å². The number of piperidine rings is 1. The van der Waals surface area contributed by atoms with E-state index >= 15 is 0 Å². The van der Waals surface area contributed by atoms with Crippen molar-refractivity contribution in [3.8, 4) is 0 Å². The molecule has 0 radical (unpaired) electrons. The number of likely N-dealkylation sites (N-methyl/N-ethyl adjacent to an activating group) is 1. The molecule has 2 fully saturated rings. The number of carbonyl (C=O) groups is 3. The van der Waals surface area contributed by atoms with Crippen molar-refractivity contribution in [1.82, 2.24) is 24.7 Å². The predicted octanol–water partition coefficient (Wildman–Crippen LogP) is 1.43. The number of aliphatic carboxylic acids is 1. The zero-order valence-electron chi connectivity index (χ0n) is 18.5. The van der Waals surface area contributed by atoms with Crippen molar-refractivity contribution in [1.29, 1.82) is 0 Å². The Balaban J connectivity index is 0.000000451. The van der Waals surface area contributed by atoms with E-state index in [2.05, 4.69) is 19.8 Å². The number of hydrogen-bond donors (Lipinski definition) is 1. The normalized spacial score (nSPS) is 22.8. The monoisotopic (exact) mass is 459 g/mol. The quantitative estimate of drug-likeness (QED) is 0.729. The van der Waals surface area contributed by atoms with Crippen molar-refractivity contribution in [2.24, 2.45) is 5.92 Å². The molecule has 9 nitrogen and oxygen atoms in total. The first kappa shape index (κ1) is 25.5. The summed E-state index contributed by atoms with van der Waals surface area (Å²) >= 11 is 0. The Morgan fingerprint density at radius 2 is 1.84 bits per heavy atom. The van der Waals surface area contributed by atoms with E-state index in [4.69, 9.17) is 9.90 Å². The van der Waals surface area contributed by atoms with Crippen LogP contribution in [0.15, 0.2) is 12.4 Å². The molecule has 2 saturated heterocycles. The molecule has 0 aliphatic carbocycles. The van der Waals surface area contributed by atoms with Crippen LogP contribution in [-0.2, 0) is 9.59 Å². The molecular formula is C20H28F3N5O4. The summed E-state index contributed by atoms with van der Waals surface area (Å²) in [4.78, 5) is 48.2. The summed E-state index contributed by atoms with van der Waals surface area (Å²) in [6, 6.07) is 0.479. The third kappa shape index (κ3) is 6.38. The second-order valence-corrected chi connectivity index (χ2v) is 8.29.